The van der Waals surface area contributed by atoms with E-state index in [0.717, 1.165) is 22.6 Å². The Morgan fingerprint density at radius 3 is 2.69 bits per heavy atom. The number of rotatable bonds is 7. The van der Waals surface area contributed by atoms with E-state index in [9.17, 15) is 4.79 Å². The average Bonchev–Trinajstić information content (AvgIpc) is 3.44. The maximum Gasteiger partial charge on any atom is 0.341 e. The van der Waals surface area contributed by atoms with E-state index in [0.29, 0.717) is 22.5 Å². The summed E-state index contributed by atoms with van der Waals surface area (Å²) in [5.74, 6) is 0.170. The molecule has 0 N–H and O–H groups in total. The lowest BCUT2D eigenvalue weighted by Gasteiger charge is -2.19. The Kier molecular flexibility index (Phi) is 6.09. The Labute approximate surface area is 189 Å². The van der Waals surface area contributed by atoms with Crippen molar-refractivity contribution in [3.8, 4) is 11.8 Å². The van der Waals surface area contributed by atoms with Crippen molar-refractivity contribution in [2.45, 2.75) is 33.2 Å². The van der Waals surface area contributed by atoms with Crippen molar-refractivity contribution in [2.24, 2.45) is 0 Å². The zero-order valence-corrected chi connectivity index (χ0v) is 19.0. The number of carbonyl (C=O) groups excluding carboxylic acids is 1. The van der Waals surface area contributed by atoms with Crippen LogP contribution in [0.1, 0.15) is 47.8 Å². The van der Waals surface area contributed by atoms with Crippen molar-refractivity contribution in [2.75, 3.05) is 13.7 Å². The number of esters is 1. The van der Waals surface area contributed by atoms with E-state index in [4.69, 9.17) is 21.1 Å². The van der Waals surface area contributed by atoms with E-state index in [-0.39, 0.29) is 18.6 Å². The van der Waals surface area contributed by atoms with E-state index >= 15 is 0 Å². The first-order chi connectivity index (χ1) is 15.5. The van der Waals surface area contributed by atoms with E-state index < -0.39 is 5.97 Å². The molecule has 0 aliphatic rings. The predicted molar refractivity (Wildman–Crippen MR) is 120 cm³/mol. The Morgan fingerprint density at radius 2 is 2.00 bits per heavy atom. The van der Waals surface area contributed by atoms with Crippen LogP contribution in [-0.4, -0.2) is 49.2 Å². The smallest absolute Gasteiger partial charge is 0.341 e. The molecule has 4 rings (SSSR count). The lowest BCUT2D eigenvalue weighted by atomic mass is 10.0. The van der Waals surface area contributed by atoms with Crippen LogP contribution in [0.5, 0.6) is 5.88 Å². The van der Waals surface area contributed by atoms with Gasteiger partial charge in [0.1, 0.15) is 11.0 Å². The second-order valence-electron chi connectivity index (χ2n) is 7.18. The third-order valence-corrected chi connectivity index (χ3v) is 5.57. The summed E-state index contributed by atoms with van der Waals surface area (Å²) in [7, 11) is 1.55. The Morgan fingerprint density at radius 1 is 1.19 bits per heavy atom. The summed E-state index contributed by atoms with van der Waals surface area (Å²) in [6.45, 7) is 6.09. The van der Waals surface area contributed by atoms with Gasteiger partial charge >= 0.3 is 5.97 Å². The number of aromatic nitrogens is 6. The number of aryl methyl sites for hydroxylation is 1. The van der Waals surface area contributed by atoms with Gasteiger partial charge in [0, 0.05) is 11.2 Å². The highest BCUT2D eigenvalue weighted by atomic mass is 35.5. The SMILES string of the molecule is CCOC(=O)c1cnn(-c2nc(OC)c3c(cnn3C(CC)c3ccc(Cl)c(C)c3)n2)c1. The summed E-state index contributed by atoms with van der Waals surface area (Å²) in [6, 6.07) is 5.91. The minimum atomic E-state index is -0.455. The van der Waals surface area contributed by atoms with Gasteiger partial charge in [0.2, 0.25) is 5.88 Å². The molecule has 0 fully saturated rings. The molecule has 0 saturated carbocycles. The van der Waals surface area contributed by atoms with E-state index in [2.05, 4.69) is 33.2 Å². The maximum absolute atomic E-state index is 12.0. The molecule has 0 aliphatic carbocycles. The minimum absolute atomic E-state index is 0.0491. The van der Waals surface area contributed by atoms with Crippen molar-refractivity contribution in [3.63, 3.8) is 0 Å². The number of methoxy groups -OCH3 is 1. The molecule has 4 aromatic rings. The molecule has 9 nitrogen and oxygen atoms in total. The van der Waals surface area contributed by atoms with Crippen molar-refractivity contribution < 1.29 is 14.3 Å². The Balaban J connectivity index is 1.78. The van der Waals surface area contributed by atoms with Crippen LogP contribution in [0, 0.1) is 6.92 Å². The molecule has 0 saturated heterocycles. The molecule has 0 amide bonds. The van der Waals surface area contributed by atoms with Crippen molar-refractivity contribution >= 4 is 28.6 Å². The van der Waals surface area contributed by atoms with Gasteiger partial charge in [0.25, 0.3) is 5.95 Å². The van der Waals surface area contributed by atoms with Crippen molar-refractivity contribution in [1.29, 1.82) is 0 Å². The molecule has 3 aromatic heterocycles. The summed E-state index contributed by atoms with van der Waals surface area (Å²) in [5, 5.41) is 9.51. The molecule has 1 aromatic carbocycles. The number of fused-ring (bicyclic) bond motifs is 1. The molecule has 0 aliphatic heterocycles. The highest BCUT2D eigenvalue weighted by Gasteiger charge is 2.22. The molecule has 10 heteroatoms. The van der Waals surface area contributed by atoms with Crippen LogP contribution in [0.15, 0.2) is 36.8 Å². The maximum atomic E-state index is 12.0. The van der Waals surface area contributed by atoms with Gasteiger partial charge < -0.3 is 9.47 Å². The molecule has 0 bridgehead atoms. The van der Waals surface area contributed by atoms with Gasteiger partial charge in [0.15, 0.2) is 0 Å². The third-order valence-electron chi connectivity index (χ3n) is 5.14. The highest BCUT2D eigenvalue weighted by Crippen LogP contribution is 2.31. The largest absolute Gasteiger partial charge is 0.479 e. The zero-order valence-electron chi connectivity index (χ0n) is 18.2. The fourth-order valence-corrected chi connectivity index (χ4v) is 3.69. The van der Waals surface area contributed by atoms with Crippen LogP contribution in [0.2, 0.25) is 5.02 Å². The van der Waals surface area contributed by atoms with E-state index in [1.54, 1.807) is 20.2 Å². The number of nitrogens with zero attached hydrogens (tertiary/aromatic N) is 6. The second-order valence-corrected chi connectivity index (χ2v) is 7.59. The molecule has 3 heterocycles. The summed E-state index contributed by atoms with van der Waals surface area (Å²) in [5.41, 5.74) is 3.67. The van der Waals surface area contributed by atoms with Gasteiger partial charge in [0.05, 0.1) is 37.7 Å². The van der Waals surface area contributed by atoms with Crippen LogP contribution < -0.4 is 4.74 Å². The number of hydrogen-bond donors (Lipinski definition) is 0. The minimum Gasteiger partial charge on any atom is -0.479 e. The first-order valence-corrected chi connectivity index (χ1v) is 10.6. The first-order valence-electron chi connectivity index (χ1n) is 10.2. The average molecular weight is 455 g/mol. The van der Waals surface area contributed by atoms with Crippen LogP contribution in [-0.2, 0) is 4.74 Å². The van der Waals surface area contributed by atoms with Gasteiger partial charge in [-0.15, -0.1) is 0 Å². The number of benzene rings is 1. The molecule has 0 radical (unpaired) electrons. The van der Waals surface area contributed by atoms with Gasteiger partial charge in [-0.2, -0.15) is 15.2 Å². The van der Waals surface area contributed by atoms with Crippen LogP contribution in [0.25, 0.3) is 17.0 Å². The van der Waals surface area contributed by atoms with E-state index in [1.807, 2.05) is 23.7 Å². The number of halogens is 1. The summed E-state index contributed by atoms with van der Waals surface area (Å²) < 4.78 is 13.9. The van der Waals surface area contributed by atoms with Gasteiger partial charge in [-0.25, -0.2) is 14.5 Å². The normalized spacial score (nSPS) is 12.2. The topological polar surface area (TPSA) is 97.0 Å². The molecule has 1 atom stereocenters. The molecule has 1 unspecified atom stereocenters. The van der Waals surface area contributed by atoms with Crippen LogP contribution in [0.4, 0.5) is 0 Å². The van der Waals surface area contributed by atoms with E-state index in [1.165, 1.54) is 17.1 Å². The fraction of sp³-hybridized carbons (Fsp3) is 0.318. The number of hydrogen-bond acceptors (Lipinski definition) is 7. The van der Waals surface area contributed by atoms with Crippen molar-refractivity contribution in [3.05, 3.63) is 58.5 Å². The monoisotopic (exact) mass is 454 g/mol. The lowest BCUT2D eigenvalue weighted by molar-refractivity contribution is 0.0526. The van der Waals surface area contributed by atoms with Gasteiger partial charge in [-0.05, 0) is 37.5 Å². The predicted octanol–water partition coefficient (Wildman–Crippen LogP) is 4.16. The Hall–Kier alpha value is -3.46. The fourth-order valence-electron chi connectivity index (χ4n) is 3.58. The summed E-state index contributed by atoms with van der Waals surface area (Å²) in [4.78, 5) is 21.1. The van der Waals surface area contributed by atoms with Crippen LogP contribution in [0.3, 0.4) is 0 Å². The summed E-state index contributed by atoms with van der Waals surface area (Å²) >= 11 is 6.21. The molecular formula is C22H23ClN6O3. The van der Waals surface area contributed by atoms with Crippen LogP contribution >= 0.6 is 11.6 Å². The molecule has 0 spiro atoms. The van der Waals surface area contributed by atoms with Gasteiger partial charge in [-0.1, -0.05) is 30.7 Å². The number of carbonyl (C=O) groups is 1. The Bertz CT molecular complexity index is 1280. The third kappa shape index (κ3) is 3.91. The molecular weight excluding hydrogens is 432 g/mol. The summed E-state index contributed by atoms with van der Waals surface area (Å²) in [6.07, 6.45) is 5.40. The molecule has 166 valence electrons. The zero-order chi connectivity index (χ0) is 22.8. The highest BCUT2D eigenvalue weighted by molar-refractivity contribution is 6.31. The van der Waals surface area contributed by atoms with Gasteiger partial charge in [-0.3, -0.25) is 4.68 Å². The number of ether oxygens (including phenoxy) is 2. The molecule has 32 heavy (non-hydrogen) atoms. The van der Waals surface area contributed by atoms with Crippen molar-refractivity contribution in [1.82, 2.24) is 29.5 Å². The first kappa shape index (κ1) is 21.8. The lowest BCUT2D eigenvalue weighted by Crippen LogP contribution is -2.13. The second kappa shape index (κ2) is 8.96. The quantitative estimate of drug-likeness (QED) is 0.387. The standard InChI is InChI=1S/C22H23ClN6O3/c1-5-18(14-7-8-16(23)13(3)9-14)29-19-17(11-25-29)26-22(27-20(19)31-4)28-12-15(10-24-28)21(30)32-6-2/h7-12,18H,5-6H2,1-4H3.